The molecule has 0 aliphatic rings. The van der Waals surface area contributed by atoms with Gasteiger partial charge < -0.3 is 10.5 Å². The largest absolute Gasteiger partial charge is 0.465 e. The minimum atomic E-state index is -0.391. The van der Waals surface area contributed by atoms with Crippen LogP contribution < -0.4 is 5.73 Å². The number of methoxy groups -OCH3 is 1. The summed E-state index contributed by atoms with van der Waals surface area (Å²) in [6.45, 7) is 0. The predicted octanol–water partition coefficient (Wildman–Crippen LogP) is 1.60. The van der Waals surface area contributed by atoms with Gasteiger partial charge in [-0.15, -0.1) is 0 Å². The van der Waals surface area contributed by atoms with E-state index in [2.05, 4.69) is 9.72 Å². The number of carbonyl (C=O) groups excluding carboxylic acids is 1. The second kappa shape index (κ2) is 3.57. The lowest BCUT2D eigenvalue weighted by molar-refractivity contribution is 0.0602. The Balaban J connectivity index is 2.71. The molecule has 0 unspecified atom stereocenters. The number of rotatable bonds is 1. The van der Waals surface area contributed by atoms with E-state index in [1.165, 1.54) is 13.3 Å². The van der Waals surface area contributed by atoms with Gasteiger partial charge in [0.15, 0.2) is 0 Å². The summed E-state index contributed by atoms with van der Waals surface area (Å²) in [4.78, 5) is 15.4. The quantitative estimate of drug-likeness (QED) is 0.563. The van der Waals surface area contributed by atoms with E-state index >= 15 is 0 Å². The SMILES string of the molecule is COC(=O)c1cncc2cc(N)ccc12. The highest BCUT2D eigenvalue weighted by Gasteiger charge is 2.10. The van der Waals surface area contributed by atoms with Gasteiger partial charge in [0.05, 0.1) is 12.7 Å². The maximum atomic E-state index is 11.4. The van der Waals surface area contributed by atoms with Crippen molar-refractivity contribution in [1.29, 1.82) is 0 Å². The number of benzene rings is 1. The highest BCUT2D eigenvalue weighted by molar-refractivity contribution is 6.04. The van der Waals surface area contributed by atoms with Crippen LogP contribution in [0.4, 0.5) is 5.69 Å². The average molecular weight is 202 g/mol. The third-order valence-electron chi connectivity index (χ3n) is 2.19. The summed E-state index contributed by atoms with van der Waals surface area (Å²) in [5.41, 5.74) is 6.74. The lowest BCUT2D eigenvalue weighted by Gasteiger charge is -2.04. The van der Waals surface area contributed by atoms with Crippen molar-refractivity contribution in [3.8, 4) is 0 Å². The topological polar surface area (TPSA) is 65.2 Å². The smallest absolute Gasteiger partial charge is 0.340 e. The Hall–Kier alpha value is -2.10. The highest BCUT2D eigenvalue weighted by atomic mass is 16.5. The molecule has 2 rings (SSSR count). The van der Waals surface area contributed by atoms with E-state index < -0.39 is 5.97 Å². The summed E-state index contributed by atoms with van der Waals surface area (Å²) in [6, 6.07) is 5.31. The number of ether oxygens (including phenoxy) is 1. The molecule has 1 aromatic carbocycles. The van der Waals surface area contributed by atoms with Gasteiger partial charge in [-0.2, -0.15) is 0 Å². The van der Waals surface area contributed by atoms with Crippen molar-refractivity contribution in [3.63, 3.8) is 0 Å². The van der Waals surface area contributed by atoms with Crippen molar-refractivity contribution >= 4 is 22.4 Å². The maximum absolute atomic E-state index is 11.4. The van der Waals surface area contributed by atoms with Crippen LogP contribution in [0.2, 0.25) is 0 Å². The molecule has 0 fully saturated rings. The molecule has 4 nitrogen and oxygen atoms in total. The summed E-state index contributed by atoms with van der Waals surface area (Å²) < 4.78 is 4.66. The van der Waals surface area contributed by atoms with Crippen molar-refractivity contribution in [3.05, 3.63) is 36.2 Å². The Morgan fingerprint density at radius 1 is 1.40 bits per heavy atom. The third kappa shape index (κ3) is 1.61. The first kappa shape index (κ1) is 9.45. The van der Waals surface area contributed by atoms with Gasteiger partial charge in [0, 0.05) is 23.5 Å². The number of aromatic nitrogens is 1. The standard InChI is InChI=1S/C11H10N2O2/c1-15-11(14)10-6-13-5-7-4-8(12)2-3-9(7)10/h2-6H,12H2,1H3. The van der Waals surface area contributed by atoms with E-state index in [9.17, 15) is 4.79 Å². The molecule has 2 aromatic rings. The van der Waals surface area contributed by atoms with Crippen molar-refractivity contribution in [1.82, 2.24) is 4.98 Å². The Labute approximate surface area is 86.7 Å². The lowest BCUT2D eigenvalue weighted by atomic mass is 10.1. The fourth-order valence-corrected chi connectivity index (χ4v) is 1.47. The van der Waals surface area contributed by atoms with Crippen LogP contribution in [0.25, 0.3) is 10.8 Å². The lowest BCUT2D eigenvalue weighted by Crippen LogP contribution is -2.02. The zero-order chi connectivity index (χ0) is 10.8. The number of nitrogens with two attached hydrogens (primary N) is 1. The summed E-state index contributed by atoms with van der Waals surface area (Å²) in [5, 5.41) is 1.63. The molecule has 0 saturated heterocycles. The molecular formula is C11H10N2O2. The van der Waals surface area contributed by atoms with Crippen molar-refractivity contribution in [2.45, 2.75) is 0 Å². The number of nitrogen functional groups attached to an aromatic ring is 1. The number of hydrogen-bond acceptors (Lipinski definition) is 4. The van der Waals surface area contributed by atoms with E-state index in [1.807, 2.05) is 0 Å². The van der Waals surface area contributed by atoms with Gasteiger partial charge in [-0.25, -0.2) is 4.79 Å². The molecular weight excluding hydrogens is 192 g/mol. The van der Waals surface area contributed by atoms with E-state index in [-0.39, 0.29) is 0 Å². The molecule has 0 atom stereocenters. The van der Waals surface area contributed by atoms with Crippen LogP contribution in [0, 0.1) is 0 Å². The van der Waals surface area contributed by atoms with Gasteiger partial charge >= 0.3 is 5.97 Å². The van der Waals surface area contributed by atoms with Crippen LogP contribution in [-0.2, 0) is 4.74 Å². The minimum Gasteiger partial charge on any atom is -0.465 e. The first-order valence-corrected chi connectivity index (χ1v) is 4.44. The van der Waals surface area contributed by atoms with Gasteiger partial charge in [-0.05, 0) is 17.5 Å². The second-order valence-corrected chi connectivity index (χ2v) is 3.16. The number of anilines is 1. The molecule has 2 N–H and O–H groups in total. The Bertz CT molecular complexity index is 523. The first-order chi connectivity index (χ1) is 7.22. The average Bonchev–Trinajstić information content (AvgIpc) is 2.26. The number of hydrogen-bond donors (Lipinski definition) is 1. The molecule has 0 bridgehead atoms. The fourth-order valence-electron chi connectivity index (χ4n) is 1.47. The summed E-state index contributed by atoms with van der Waals surface area (Å²) in [7, 11) is 1.35. The predicted molar refractivity (Wildman–Crippen MR) is 57.5 cm³/mol. The number of fused-ring (bicyclic) bond motifs is 1. The van der Waals surface area contributed by atoms with Gasteiger partial charge in [0.2, 0.25) is 0 Å². The van der Waals surface area contributed by atoms with Crippen LogP contribution in [0.5, 0.6) is 0 Å². The molecule has 0 radical (unpaired) electrons. The Morgan fingerprint density at radius 2 is 2.20 bits per heavy atom. The Kier molecular flexibility index (Phi) is 2.25. The van der Waals surface area contributed by atoms with Crippen molar-refractivity contribution in [2.24, 2.45) is 0 Å². The molecule has 0 aliphatic carbocycles. The maximum Gasteiger partial charge on any atom is 0.340 e. The van der Waals surface area contributed by atoms with Crippen LogP contribution in [-0.4, -0.2) is 18.1 Å². The molecule has 0 aliphatic heterocycles. The van der Waals surface area contributed by atoms with Gasteiger partial charge in [0.25, 0.3) is 0 Å². The fraction of sp³-hybridized carbons (Fsp3) is 0.0909. The molecule has 1 aromatic heterocycles. The van der Waals surface area contributed by atoms with Crippen LogP contribution in [0.15, 0.2) is 30.6 Å². The van der Waals surface area contributed by atoms with Gasteiger partial charge in [-0.1, -0.05) is 6.07 Å². The zero-order valence-corrected chi connectivity index (χ0v) is 8.23. The summed E-state index contributed by atoms with van der Waals surface area (Å²) >= 11 is 0. The molecule has 4 heteroatoms. The summed E-state index contributed by atoms with van der Waals surface area (Å²) in [6.07, 6.45) is 3.16. The van der Waals surface area contributed by atoms with Crippen LogP contribution >= 0.6 is 0 Å². The van der Waals surface area contributed by atoms with Crippen LogP contribution in [0.3, 0.4) is 0 Å². The van der Waals surface area contributed by atoms with E-state index in [4.69, 9.17) is 5.73 Å². The Morgan fingerprint density at radius 3 is 2.93 bits per heavy atom. The molecule has 76 valence electrons. The highest BCUT2D eigenvalue weighted by Crippen LogP contribution is 2.20. The summed E-state index contributed by atoms with van der Waals surface area (Å²) in [5.74, 6) is -0.391. The number of carbonyl (C=O) groups is 1. The number of nitrogens with zero attached hydrogens (tertiary/aromatic N) is 1. The molecule has 15 heavy (non-hydrogen) atoms. The van der Waals surface area contributed by atoms with Crippen LogP contribution in [0.1, 0.15) is 10.4 Å². The second-order valence-electron chi connectivity index (χ2n) is 3.16. The minimum absolute atomic E-state index is 0.391. The zero-order valence-electron chi connectivity index (χ0n) is 8.23. The molecule has 0 amide bonds. The number of esters is 1. The van der Waals surface area contributed by atoms with Crippen molar-refractivity contribution < 1.29 is 9.53 Å². The monoisotopic (exact) mass is 202 g/mol. The van der Waals surface area contributed by atoms with Crippen molar-refractivity contribution in [2.75, 3.05) is 12.8 Å². The van der Waals surface area contributed by atoms with E-state index in [1.54, 1.807) is 24.4 Å². The number of pyridine rings is 1. The van der Waals surface area contributed by atoms with Gasteiger partial charge in [-0.3, -0.25) is 4.98 Å². The molecule has 1 heterocycles. The molecule has 0 saturated carbocycles. The van der Waals surface area contributed by atoms with E-state index in [0.717, 1.165) is 10.8 Å². The van der Waals surface area contributed by atoms with Gasteiger partial charge in [0.1, 0.15) is 0 Å². The van der Waals surface area contributed by atoms with E-state index in [0.29, 0.717) is 11.3 Å². The first-order valence-electron chi connectivity index (χ1n) is 4.44. The third-order valence-corrected chi connectivity index (χ3v) is 2.19. The molecule has 0 spiro atoms. The normalized spacial score (nSPS) is 10.2.